The van der Waals surface area contributed by atoms with Crippen molar-refractivity contribution in [2.24, 2.45) is 0 Å². The Morgan fingerprint density at radius 3 is 2.13 bits per heavy atom. The number of aliphatic hydroxyl groups is 1. The van der Waals surface area contributed by atoms with Crippen LogP contribution in [0.1, 0.15) is 16.5 Å². The zero-order valence-corrected chi connectivity index (χ0v) is 8.29. The normalized spacial score (nSPS) is 15.4. The van der Waals surface area contributed by atoms with Crippen molar-refractivity contribution in [2.45, 2.75) is 25.1 Å². The molecule has 86 valence electrons. The van der Waals surface area contributed by atoms with Crippen LogP contribution in [0.15, 0.2) is 11.4 Å². The van der Waals surface area contributed by atoms with E-state index in [0.717, 1.165) is 0 Å². The Morgan fingerprint density at radius 2 is 1.80 bits per heavy atom. The van der Waals surface area contributed by atoms with Crippen LogP contribution in [-0.4, -0.2) is 17.2 Å². The zero-order chi connectivity index (χ0) is 11.9. The molecule has 0 bridgehead atoms. The molecule has 1 aromatic heterocycles. The lowest BCUT2D eigenvalue weighted by molar-refractivity contribution is -0.314. The van der Waals surface area contributed by atoms with Crippen LogP contribution in [0.25, 0.3) is 0 Å². The minimum absolute atomic E-state index is 0.219. The maximum absolute atomic E-state index is 12.7. The Kier molecular flexibility index (Phi) is 3.06. The highest BCUT2D eigenvalue weighted by Crippen LogP contribution is 2.46. The molecule has 0 radical (unpaired) electrons. The van der Waals surface area contributed by atoms with Crippen LogP contribution in [0.2, 0.25) is 0 Å². The fourth-order valence-corrected chi connectivity index (χ4v) is 1.93. The minimum atomic E-state index is -5.75. The molecule has 0 fully saturated rings. The number of rotatable bonds is 2. The van der Waals surface area contributed by atoms with Gasteiger partial charge >= 0.3 is 12.1 Å². The van der Waals surface area contributed by atoms with E-state index in [1.54, 1.807) is 0 Å². The van der Waals surface area contributed by atoms with Crippen molar-refractivity contribution in [2.75, 3.05) is 0 Å². The third-order valence-electron chi connectivity index (χ3n) is 1.87. The summed E-state index contributed by atoms with van der Waals surface area (Å²) in [5.74, 6) is -5.12. The lowest BCUT2D eigenvalue weighted by Gasteiger charge is -2.24. The second-order valence-corrected chi connectivity index (χ2v) is 3.94. The summed E-state index contributed by atoms with van der Waals surface area (Å²) in [5.41, 5.74) is 0.219. The maximum Gasteiger partial charge on any atom is 0.456 e. The third kappa shape index (κ3) is 2.12. The summed E-state index contributed by atoms with van der Waals surface area (Å²) in [7, 11) is 0. The van der Waals surface area contributed by atoms with Gasteiger partial charge < -0.3 is 5.11 Å². The van der Waals surface area contributed by atoms with Gasteiger partial charge in [-0.1, -0.05) is 0 Å². The first-order valence-corrected chi connectivity index (χ1v) is 4.72. The molecule has 0 aromatic carbocycles. The molecular weight excluding hydrogens is 239 g/mol. The van der Waals surface area contributed by atoms with Crippen molar-refractivity contribution in [1.29, 1.82) is 0 Å². The van der Waals surface area contributed by atoms with Gasteiger partial charge in [-0.2, -0.15) is 22.0 Å². The molecule has 1 atom stereocenters. The molecule has 1 aromatic rings. The van der Waals surface area contributed by atoms with Gasteiger partial charge in [-0.25, -0.2) is 0 Å². The fraction of sp³-hybridized carbons (Fsp3) is 0.500. The van der Waals surface area contributed by atoms with Gasteiger partial charge in [0, 0.05) is 4.88 Å². The van der Waals surface area contributed by atoms with Gasteiger partial charge in [0.15, 0.2) is 6.10 Å². The summed E-state index contributed by atoms with van der Waals surface area (Å²) >= 11 is 0.671. The van der Waals surface area contributed by atoms with Crippen molar-refractivity contribution in [3.63, 3.8) is 0 Å². The zero-order valence-electron chi connectivity index (χ0n) is 7.48. The first-order chi connectivity index (χ1) is 6.68. The van der Waals surface area contributed by atoms with E-state index in [-0.39, 0.29) is 10.4 Å². The van der Waals surface area contributed by atoms with E-state index in [0.29, 0.717) is 11.3 Å². The molecular formula is C8H7F5OS. The Labute approximate surface area is 86.2 Å². The molecule has 0 aliphatic rings. The van der Waals surface area contributed by atoms with Crippen LogP contribution in [-0.2, 0) is 0 Å². The van der Waals surface area contributed by atoms with E-state index < -0.39 is 18.2 Å². The van der Waals surface area contributed by atoms with Crippen LogP contribution in [0, 0.1) is 6.92 Å². The summed E-state index contributed by atoms with van der Waals surface area (Å²) in [6.07, 6.45) is -8.58. The lowest BCUT2D eigenvalue weighted by atomic mass is 10.1. The Morgan fingerprint density at radius 1 is 1.27 bits per heavy atom. The number of hydrogen-bond donors (Lipinski definition) is 1. The van der Waals surface area contributed by atoms with E-state index in [1.165, 1.54) is 18.4 Å². The molecule has 0 spiro atoms. The summed E-state index contributed by atoms with van der Waals surface area (Å²) in [6.45, 7) is 1.36. The smallest absolute Gasteiger partial charge is 0.381 e. The van der Waals surface area contributed by atoms with Gasteiger partial charge in [0.05, 0.1) is 0 Å². The molecule has 0 saturated heterocycles. The van der Waals surface area contributed by atoms with Crippen LogP contribution in [0.5, 0.6) is 0 Å². The van der Waals surface area contributed by atoms with E-state index in [2.05, 4.69) is 0 Å². The van der Waals surface area contributed by atoms with Gasteiger partial charge in [0.2, 0.25) is 0 Å². The number of alkyl halides is 5. The first-order valence-electron chi connectivity index (χ1n) is 3.84. The molecule has 15 heavy (non-hydrogen) atoms. The predicted octanol–water partition coefficient (Wildman–Crippen LogP) is 3.29. The monoisotopic (exact) mass is 246 g/mol. The Bertz CT molecular complexity index is 343. The molecule has 7 heteroatoms. The standard InChI is InChI=1S/C8H7F5OS/c1-4-2-3-15-5(4)6(14)7(9,10)8(11,12)13/h2-3,6,14H,1H3. The molecule has 1 nitrogen and oxygen atoms in total. The highest BCUT2D eigenvalue weighted by Gasteiger charge is 2.63. The van der Waals surface area contributed by atoms with Crippen LogP contribution in [0.4, 0.5) is 22.0 Å². The molecule has 0 aliphatic heterocycles. The number of thiophene rings is 1. The number of halogens is 5. The second kappa shape index (κ2) is 3.71. The highest BCUT2D eigenvalue weighted by molar-refractivity contribution is 7.10. The van der Waals surface area contributed by atoms with E-state index in [9.17, 15) is 22.0 Å². The van der Waals surface area contributed by atoms with Gasteiger partial charge in [-0.3, -0.25) is 0 Å². The Hall–Kier alpha value is -0.690. The van der Waals surface area contributed by atoms with Gasteiger partial charge in [0.25, 0.3) is 0 Å². The molecule has 1 heterocycles. The molecule has 1 unspecified atom stereocenters. The molecule has 0 aliphatic carbocycles. The summed E-state index contributed by atoms with van der Waals surface area (Å²) in [6, 6.07) is 1.37. The lowest BCUT2D eigenvalue weighted by Crippen LogP contribution is -2.42. The highest BCUT2D eigenvalue weighted by atomic mass is 32.1. The van der Waals surface area contributed by atoms with E-state index in [1.807, 2.05) is 0 Å². The topological polar surface area (TPSA) is 20.2 Å². The van der Waals surface area contributed by atoms with Crippen molar-refractivity contribution in [1.82, 2.24) is 0 Å². The third-order valence-corrected chi connectivity index (χ3v) is 2.94. The average Bonchev–Trinajstić information content (AvgIpc) is 2.48. The van der Waals surface area contributed by atoms with Crippen LogP contribution in [0.3, 0.4) is 0 Å². The molecule has 1 N–H and O–H groups in total. The first kappa shape index (κ1) is 12.4. The van der Waals surface area contributed by atoms with Gasteiger partial charge in [-0.05, 0) is 23.9 Å². The molecule has 0 saturated carbocycles. The van der Waals surface area contributed by atoms with E-state index in [4.69, 9.17) is 5.11 Å². The minimum Gasteiger partial charge on any atom is -0.381 e. The summed E-state index contributed by atoms with van der Waals surface area (Å²) < 4.78 is 61.1. The van der Waals surface area contributed by atoms with Gasteiger partial charge in [0.1, 0.15) is 0 Å². The number of aliphatic hydroxyl groups excluding tert-OH is 1. The molecule has 1 rings (SSSR count). The predicted molar refractivity (Wildman–Crippen MR) is 45.0 cm³/mol. The number of aryl methyl sites for hydroxylation is 1. The largest absolute Gasteiger partial charge is 0.456 e. The van der Waals surface area contributed by atoms with Crippen molar-refractivity contribution in [3.05, 3.63) is 21.9 Å². The van der Waals surface area contributed by atoms with Crippen molar-refractivity contribution >= 4 is 11.3 Å². The molecule has 0 amide bonds. The van der Waals surface area contributed by atoms with Gasteiger partial charge in [-0.15, -0.1) is 11.3 Å². The average molecular weight is 246 g/mol. The number of hydrogen-bond acceptors (Lipinski definition) is 2. The SMILES string of the molecule is Cc1ccsc1C(O)C(F)(F)C(F)(F)F. The summed E-state index contributed by atoms with van der Waals surface area (Å²) in [5, 5.41) is 10.3. The van der Waals surface area contributed by atoms with Crippen molar-refractivity contribution < 1.29 is 27.1 Å². The fourth-order valence-electron chi connectivity index (χ4n) is 0.984. The second-order valence-electron chi connectivity index (χ2n) is 2.99. The quantitative estimate of drug-likeness (QED) is 0.794. The van der Waals surface area contributed by atoms with Crippen molar-refractivity contribution in [3.8, 4) is 0 Å². The maximum atomic E-state index is 12.7. The van der Waals surface area contributed by atoms with Crippen LogP contribution >= 0.6 is 11.3 Å². The van der Waals surface area contributed by atoms with E-state index >= 15 is 0 Å². The summed E-state index contributed by atoms with van der Waals surface area (Å²) in [4.78, 5) is -0.364. The Balaban J connectivity index is 3.05. The van der Waals surface area contributed by atoms with Crippen LogP contribution < -0.4 is 0 Å².